The molecule has 2 aromatic rings. The molecule has 142 valence electrons. The minimum absolute atomic E-state index is 0.120. The minimum Gasteiger partial charge on any atom is -0.449 e. The summed E-state index contributed by atoms with van der Waals surface area (Å²) in [5, 5.41) is 0. The Hall–Kier alpha value is -2.79. The van der Waals surface area contributed by atoms with Crippen molar-refractivity contribution in [2.24, 2.45) is 0 Å². The van der Waals surface area contributed by atoms with Crippen LogP contribution in [0.1, 0.15) is 24.5 Å². The Balaban J connectivity index is 1.91. The number of hydrogen-bond acceptors (Lipinski definition) is 4. The van der Waals surface area contributed by atoms with Crippen molar-refractivity contribution in [3.8, 4) is 5.75 Å². The highest BCUT2D eigenvalue weighted by molar-refractivity contribution is 6.10. The van der Waals surface area contributed by atoms with Gasteiger partial charge in [0.1, 0.15) is 0 Å². The number of nitrogens with two attached hydrogens (primary N) is 1. The molecule has 3 rings (SSSR count). The molecule has 1 aliphatic heterocycles. The molecule has 27 heavy (non-hydrogen) atoms. The predicted molar refractivity (Wildman–Crippen MR) is 111 cm³/mol. The maximum absolute atomic E-state index is 13.1. The van der Waals surface area contributed by atoms with Crippen LogP contribution in [-0.2, 0) is 11.2 Å². The molecule has 0 saturated heterocycles. The van der Waals surface area contributed by atoms with Gasteiger partial charge in [0.15, 0.2) is 11.5 Å². The maximum atomic E-state index is 13.1. The number of fused-ring (bicyclic) bond motifs is 1. The van der Waals surface area contributed by atoms with E-state index in [-0.39, 0.29) is 5.91 Å². The number of nitrogens with zero attached hydrogens (tertiary/aromatic N) is 2. The number of ether oxygens (including phenoxy) is 1. The van der Waals surface area contributed by atoms with Crippen molar-refractivity contribution in [3.05, 3.63) is 59.4 Å². The molecule has 0 bridgehead atoms. The van der Waals surface area contributed by atoms with Gasteiger partial charge in [0.25, 0.3) is 5.91 Å². The molecule has 0 radical (unpaired) electrons. The van der Waals surface area contributed by atoms with Crippen LogP contribution in [-0.4, -0.2) is 38.0 Å². The number of hydrogen-bond donors (Lipinski definition) is 1. The Morgan fingerprint density at radius 3 is 2.56 bits per heavy atom. The van der Waals surface area contributed by atoms with E-state index in [0.717, 1.165) is 30.6 Å². The minimum atomic E-state index is -0.120. The number of rotatable bonds is 6. The molecule has 0 aliphatic carbocycles. The number of carbonyl (C=O) groups is 1. The Morgan fingerprint density at radius 2 is 1.89 bits per heavy atom. The van der Waals surface area contributed by atoms with Crippen LogP contribution in [0.4, 0.5) is 11.4 Å². The third kappa shape index (κ3) is 4.49. The molecule has 2 aromatic carbocycles. The van der Waals surface area contributed by atoms with Crippen LogP contribution < -0.4 is 15.4 Å². The Morgan fingerprint density at radius 1 is 1.15 bits per heavy atom. The quantitative estimate of drug-likeness (QED) is 0.628. The second-order valence-electron chi connectivity index (χ2n) is 7.05. The summed E-state index contributed by atoms with van der Waals surface area (Å²) in [4.78, 5) is 17.0. The first-order valence-electron chi connectivity index (χ1n) is 9.32. The van der Waals surface area contributed by atoms with E-state index in [1.165, 1.54) is 5.56 Å². The first-order chi connectivity index (χ1) is 13.0. The molecule has 5 nitrogen and oxygen atoms in total. The normalized spacial score (nSPS) is 15.2. The van der Waals surface area contributed by atoms with Gasteiger partial charge in [-0.1, -0.05) is 31.2 Å². The van der Waals surface area contributed by atoms with Crippen molar-refractivity contribution >= 4 is 23.4 Å². The Kier molecular flexibility index (Phi) is 5.81. The van der Waals surface area contributed by atoms with E-state index in [1.54, 1.807) is 23.1 Å². The van der Waals surface area contributed by atoms with Crippen LogP contribution in [0.15, 0.2) is 48.2 Å². The fraction of sp³-hybridized carbons (Fsp3) is 0.318. The molecule has 0 aromatic heterocycles. The molecule has 1 amide bonds. The van der Waals surface area contributed by atoms with Gasteiger partial charge in [-0.25, -0.2) is 0 Å². The molecule has 2 N–H and O–H groups in total. The summed E-state index contributed by atoms with van der Waals surface area (Å²) in [5.74, 6) is 0.823. The summed E-state index contributed by atoms with van der Waals surface area (Å²) in [6.07, 6.45) is 3.66. The van der Waals surface area contributed by atoms with E-state index in [2.05, 4.69) is 24.0 Å². The molecular weight excluding hydrogens is 338 g/mol. The maximum Gasteiger partial charge on any atom is 0.294 e. The Bertz CT molecular complexity index is 841. The lowest BCUT2D eigenvalue weighted by Gasteiger charge is -2.31. The molecule has 0 unspecified atom stereocenters. The highest BCUT2D eigenvalue weighted by Gasteiger charge is 2.30. The van der Waals surface area contributed by atoms with Gasteiger partial charge in [-0.15, -0.1) is 0 Å². The molecule has 1 heterocycles. The van der Waals surface area contributed by atoms with Crippen molar-refractivity contribution in [2.75, 3.05) is 37.8 Å². The van der Waals surface area contributed by atoms with Gasteiger partial charge in [-0.3, -0.25) is 4.79 Å². The molecular formula is C22H27N3O2. The largest absolute Gasteiger partial charge is 0.449 e. The summed E-state index contributed by atoms with van der Waals surface area (Å²) >= 11 is 0. The predicted octanol–water partition coefficient (Wildman–Crippen LogP) is 3.55. The van der Waals surface area contributed by atoms with E-state index in [0.29, 0.717) is 23.7 Å². The lowest BCUT2D eigenvalue weighted by atomic mass is 10.1. The van der Waals surface area contributed by atoms with Crippen molar-refractivity contribution in [2.45, 2.75) is 19.8 Å². The number of benzene rings is 2. The molecule has 0 saturated carbocycles. The zero-order chi connectivity index (χ0) is 19.4. The van der Waals surface area contributed by atoms with E-state index < -0.39 is 0 Å². The lowest BCUT2D eigenvalue weighted by molar-refractivity contribution is -0.117. The fourth-order valence-corrected chi connectivity index (χ4v) is 3.10. The van der Waals surface area contributed by atoms with E-state index in [9.17, 15) is 4.79 Å². The summed E-state index contributed by atoms with van der Waals surface area (Å²) in [7, 11) is 4.06. The van der Waals surface area contributed by atoms with E-state index in [1.807, 2.05) is 32.3 Å². The molecule has 0 fully saturated rings. The molecule has 0 spiro atoms. The van der Waals surface area contributed by atoms with Crippen molar-refractivity contribution in [1.82, 2.24) is 4.90 Å². The fourth-order valence-electron chi connectivity index (χ4n) is 3.10. The summed E-state index contributed by atoms with van der Waals surface area (Å²) in [6, 6.07) is 13.6. The number of anilines is 2. The number of amides is 1. The van der Waals surface area contributed by atoms with E-state index >= 15 is 0 Å². The van der Waals surface area contributed by atoms with Gasteiger partial charge in [0.05, 0.1) is 5.69 Å². The SMILES string of the molecule is CCc1ccc(/C=C2/Oc3cc(N)ccc3N(CCCN(C)C)C2=O)cc1. The van der Waals surface area contributed by atoms with Gasteiger partial charge < -0.3 is 20.3 Å². The topological polar surface area (TPSA) is 58.8 Å². The standard InChI is InChI=1S/C22H27N3O2/c1-4-16-6-8-17(9-7-16)14-21-22(26)25(13-5-12-24(2)3)19-11-10-18(23)15-20(19)27-21/h6-11,14-15H,4-5,12-13,23H2,1-3H3/b21-14+. The number of carbonyl (C=O) groups excluding carboxylic acids is 1. The highest BCUT2D eigenvalue weighted by atomic mass is 16.5. The van der Waals surface area contributed by atoms with Crippen molar-refractivity contribution in [3.63, 3.8) is 0 Å². The van der Waals surface area contributed by atoms with Crippen molar-refractivity contribution < 1.29 is 9.53 Å². The second-order valence-corrected chi connectivity index (χ2v) is 7.05. The van der Waals surface area contributed by atoms with Gasteiger partial charge >= 0.3 is 0 Å². The summed E-state index contributed by atoms with van der Waals surface area (Å²) in [6.45, 7) is 3.66. The van der Waals surface area contributed by atoms with Crippen molar-refractivity contribution in [1.29, 1.82) is 0 Å². The number of nitrogen functional groups attached to an aromatic ring is 1. The molecule has 0 atom stereocenters. The van der Waals surface area contributed by atoms with Gasteiger partial charge in [-0.2, -0.15) is 0 Å². The molecule has 5 heteroatoms. The van der Waals surface area contributed by atoms with Crippen LogP contribution in [0.2, 0.25) is 0 Å². The second kappa shape index (κ2) is 8.27. The van der Waals surface area contributed by atoms with Crippen LogP contribution >= 0.6 is 0 Å². The third-order valence-electron chi connectivity index (χ3n) is 4.62. The first-order valence-corrected chi connectivity index (χ1v) is 9.32. The zero-order valence-electron chi connectivity index (χ0n) is 16.2. The zero-order valence-corrected chi connectivity index (χ0v) is 16.2. The van der Waals surface area contributed by atoms with Crippen LogP contribution in [0.25, 0.3) is 6.08 Å². The summed E-state index contributed by atoms with van der Waals surface area (Å²) < 4.78 is 5.92. The first kappa shape index (κ1) is 19.0. The van der Waals surface area contributed by atoms with Gasteiger partial charge in [0.2, 0.25) is 0 Å². The Labute approximate surface area is 161 Å². The average Bonchev–Trinajstić information content (AvgIpc) is 2.65. The summed E-state index contributed by atoms with van der Waals surface area (Å²) in [5.41, 5.74) is 9.51. The van der Waals surface area contributed by atoms with Gasteiger partial charge in [-0.05, 0) is 62.8 Å². The monoisotopic (exact) mass is 365 g/mol. The van der Waals surface area contributed by atoms with Crippen LogP contribution in [0.3, 0.4) is 0 Å². The van der Waals surface area contributed by atoms with E-state index in [4.69, 9.17) is 10.5 Å². The molecule has 1 aliphatic rings. The third-order valence-corrected chi connectivity index (χ3v) is 4.62. The van der Waals surface area contributed by atoms with Gasteiger partial charge in [0, 0.05) is 18.3 Å². The lowest BCUT2D eigenvalue weighted by Crippen LogP contribution is -2.39. The van der Waals surface area contributed by atoms with Crippen LogP contribution in [0, 0.1) is 0 Å². The highest BCUT2D eigenvalue weighted by Crippen LogP contribution is 2.37. The van der Waals surface area contributed by atoms with Crippen LogP contribution in [0.5, 0.6) is 5.75 Å². The average molecular weight is 365 g/mol. The number of aryl methyl sites for hydroxylation is 1. The smallest absolute Gasteiger partial charge is 0.294 e.